The van der Waals surface area contributed by atoms with Crippen LogP contribution >= 0.6 is 23.2 Å². The van der Waals surface area contributed by atoms with Crippen molar-refractivity contribution in [3.8, 4) is 0 Å². The summed E-state index contributed by atoms with van der Waals surface area (Å²) in [6.45, 7) is 2.28. The Morgan fingerprint density at radius 2 is 2.09 bits per heavy atom. The second-order valence-corrected chi connectivity index (χ2v) is 7.07. The molecule has 2 heterocycles. The molecule has 5 heteroatoms. The standard InChI is InChI=1S/C17H21Cl2NO2/c1-3-22-17(21)16-12(9-11-5-7-15(16)20(11)2)10-4-6-13(18)14(19)8-10/h4,6,8,11-12,15-16H,3,5,7,9H2,1-2H3/t11?,12?,15?,16-/m1/s1. The molecule has 1 aromatic rings. The van der Waals surface area contributed by atoms with Gasteiger partial charge in [0, 0.05) is 18.0 Å². The molecule has 3 unspecified atom stereocenters. The second-order valence-electron chi connectivity index (χ2n) is 6.26. The van der Waals surface area contributed by atoms with Gasteiger partial charge in [0.2, 0.25) is 0 Å². The second kappa shape index (κ2) is 6.38. The highest BCUT2D eigenvalue weighted by Crippen LogP contribution is 2.47. The van der Waals surface area contributed by atoms with Gasteiger partial charge < -0.3 is 4.74 Å². The molecule has 0 aliphatic carbocycles. The van der Waals surface area contributed by atoms with Crippen LogP contribution in [-0.4, -0.2) is 36.6 Å². The van der Waals surface area contributed by atoms with E-state index in [2.05, 4.69) is 11.9 Å². The highest BCUT2D eigenvalue weighted by atomic mass is 35.5. The van der Waals surface area contributed by atoms with E-state index in [0.29, 0.717) is 22.7 Å². The van der Waals surface area contributed by atoms with Crippen molar-refractivity contribution in [3.05, 3.63) is 33.8 Å². The van der Waals surface area contributed by atoms with Crippen LogP contribution in [0, 0.1) is 5.92 Å². The minimum absolute atomic E-state index is 0.0872. The monoisotopic (exact) mass is 341 g/mol. The molecular formula is C17H21Cl2NO2. The van der Waals surface area contributed by atoms with Crippen LogP contribution in [0.1, 0.15) is 37.7 Å². The van der Waals surface area contributed by atoms with Gasteiger partial charge in [-0.2, -0.15) is 0 Å². The van der Waals surface area contributed by atoms with Crippen LogP contribution in [0.3, 0.4) is 0 Å². The Hall–Kier alpha value is -0.770. The van der Waals surface area contributed by atoms with E-state index < -0.39 is 0 Å². The van der Waals surface area contributed by atoms with Crippen LogP contribution in [0.2, 0.25) is 10.0 Å². The summed E-state index contributed by atoms with van der Waals surface area (Å²) in [6, 6.07) is 6.52. The van der Waals surface area contributed by atoms with Crippen molar-refractivity contribution < 1.29 is 9.53 Å². The van der Waals surface area contributed by atoms with Crippen LogP contribution < -0.4 is 0 Å². The molecule has 0 radical (unpaired) electrons. The third-order valence-corrected chi connectivity index (χ3v) is 5.94. The predicted molar refractivity (Wildman–Crippen MR) is 88.5 cm³/mol. The summed E-state index contributed by atoms with van der Waals surface area (Å²) in [5, 5.41) is 1.10. The van der Waals surface area contributed by atoms with Gasteiger partial charge in [0.05, 0.1) is 22.6 Å². The lowest BCUT2D eigenvalue weighted by Crippen LogP contribution is -2.49. The van der Waals surface area contributed by atoms with Crippen LogP contribution in [-0.2, 0) is 9.53 Å². The SMILES string of the molecule is CCOC(=O)[C@@H]1C(c2ccc(Cl)c(Cl)c2)CC2CCC1N2C. The topological polar surface area (TPSA) is 29.5 Å². The van der Waals surface area contributed by atoms with Gasteiger partial charge in [-0.1, -0.05) is 29.3 Å². The van der Waals surface area contributed by atoms with Crippen molar-refractivity contribution in [2.75, 3.05) is 13.7 Å². The molecule has 2 aliphatic rings. The zero-order chi connectivity index (χ0) is 15.9. The number of carbonyl (C=O) groups is 1. The molecule has 1 aromatic carbocycles. The van der Waals surface area contributed by atoms with E-state index in [1.54, 1.807) is 0 Å². The van der Waals surface area contributed by atoms with Crippen molar-refractivity contribution in [1.82, 2.24) is 4.90 Å². The van der Waals surface area contributed by atoms with Crippen molar-refractivity contribution in [2.45, 2.75) is 44.2 Å². The molecule has 2 bridgehead atoms. The highest BCUT2D eigenvalue weighted by molar-refractivity contribution is 6.42. The summed E-state index contributed by atoms with van der Waals surface area (Å²) in [6.07, 6.45) is 3.17. The minimum Gasteiger partial charge on any atom is -0.466 e. The summed E-state index contributed by atoms with van der Waals surface area (Å²) in [5.74, 6) is -0.0563. The number of hydrogen-bond acceptors (Lipinski definition) is 3. The van der Waals surface area contributed by atoms with Crippen molar-refractivity contribution >= 4 is 29.2 Å². The van der Waals surface area contributed by atoms with Gasteiger partial charge in [-0.3, -0.25) is 9.69 Å². The molecule has 0 amide bonds. The van der Waals surface area contributed by atoms with E-state index in [1.807, 2.05) is 25.1 Å². The smallest absolute Gasteiger partial charge is 0.311 e. The van der Waals surface area contributed by atoms with Crippen molar-refractivity contribution in [2.24, 2.45) is 5.92 Å². The average Bonchev–Trinajstić information content (AvgIpc) is 2.73. The molecule has 0 aromatic heterocycles. The summed E-state index contributed by atoms with van der Waals surface area (Å²) >= 11 is 12.2. The fraction of sp³-hybridized carbons (Fsp3) is 0.588. The number of carbonyl (C=O) groups excluding carboxylic acids is 1. The zero-order valence-corrected chi connectivity index (χ0v) is 14.4. The first-order chi connectivity index (χ1) is 10.5. The lowest BCUT2D eigenvalue weighted by Gasteiger charge is -2.42. The fourth-order valence-electron chi connectivity index (χ4n) is 4.11. The number of piperidine rings is 1. The number of nitrogens with zero attached hydrogens (tertiary/aromatic N) is 1. The third-order valence-electron chi connectivity index (χ3n) is 5.20. The van der Waals surface area contributed by atoms with Gasteiger partial charge in [0.25, 0.3) is 0 Å². The number of benzene rings is 1. The van der Waals surface area contributed by atoms with E-state index in [-0.39, 0.29) is 23.8 Å². The van der Waals surface area contributed by atoms with Crippen LogP contribution in [0.15, 0.2) is 18.2 Å². The number of halogens is 2. The summed E-state index contributed by atoms with van der Waals surface area (Å²) < 4.78 is 5.36. The maximum atomic E-state index is 12.6. The van der Waals surface area contributed by atoms with Gasteiger partial charge in [0.1, 0.15) is 0 Å². The fourth-order valence-corrected chi connectivity index (χ4v) is 4.42. The maximum Gasteiger partial charge on any atom is 0.311 e. The average molecular weight is 342 g/mol. The highest BCUT2D eigenvalue weighted by Gasteiger charge is 2.49. The molecule has 0 saturated carbocycles. The van der Waals surface area contributed by atoms with Gasteiger partial charge in [-0.05, 0) is 50.9 Å². The molecule has 0 spiro atoms. The molecule has 0 N–H and O–H groups in total. The van der Waals surface area contributed by atoms with Gasteiger partial charge in [-0.25, -0.2) is 0 Å². The Morgan fingerprint density at radius 1 is 1.32 bits per heavy atom. The molecular weight excluding hydrogens is 321 g/mol. The summed E-state index contributed by atoms with van der Waals surface area (Å²) in [4.78, 5) is 14.9. The van der Waals surface area contributed by atoms with Crippen molar-refractivity contribution in [1.29, 1.82) is 0 Å². The number of ether oxygens (including phenoxy) is 1. The molecule has 3 rings (SSSR count). The van der Waals surface area contributed by atoms with E-state index >= 15 is 0 Å². The Balaban J connectivity index is 1.96. The van der Waals surface area contributed by atoms with E-state index in [4.69, 9.17) is 27.9 Å². The predicted octanol–water partition coefficient (Wildman–Crippen LogP) is 4.12. The first-order valence-electron chi connectivity index (χ1n) is 7.86. The lowest BCUT2D eigenvalue weighted by molar-refractivity contribution is -0.152. The molecule has 120 valence electrons. The zero-order valence-electron chi connectivity index (χ0n) is 12.9. The first-order valence-corrected chi connectivity index (χ1v) is 8.62. The molecule has 2 fully saturated rings. The Bertz CT molecular complexity index is 578. The van der Waals surface area contributed by atoms with Crippen LogP contribution in [0.5, 0.6) is 0 Å². The maximum absolute atomic E-state index is 12.6. The van der Waals surface area contributed by atoms with Crippen molar-refractivity contribution in [3.63, 3.8) is 0 Å². The van der Waals surface area contributed by atoms with E-state index in [9.17, 15) is 4.79 Å². The van der Waals surface area contributed by atoms with E-state index in [0.717, 1.165) is 24.8 Å². The third kappa shape index (κ3) is 2.75. The first kappa shape index (κ1) is 16.1. The molecule has 2 aliphatic heterocycles. The minimum atomic E-state index is -0.124. The number of hydrogen-bond donors (Lipinski definition) is 0. The molecule has 4 atom stereocenters. The van der Waals surface area contributed by atoms with E-state index in [1.165, 1.54) is 0 Å². The molecule has 2 saturated heterocycles. The van der Waals surface area contributed by atoms with Gasteiger partial charge in [0.15, 0.2) is 0 Å². The quantitative estimate of drug-likeness (QED) is 0.774. The Kier molecular flexibility index (Phi) is 4.67. The largest absolute Gasteiger partial charge is 0.466 e. The summed E-state index contributed by atoms with van der Waals surface area (Å²) in [7, 11) is 2.12. The normalized spacial score (nSPS) is 31.3. The number of fused-ring (bicyclic) bond motifs is 2. The molecule has 3 nitrogen and oxygen atoms in total. The summed E-state index contributed by atoms with van der Waals surface area (Å²) in [5.41, 5.74) is 1.09. The van der Waals surface area contributed by atoms with Gasteiger partial charge in [-0.15, -0.1) is 0 Å². The Morgan fingerprint density at radius 3 is 2.77 bits per heavy atom. The number of esters is 1. The Labute approximate surface area is 141 Å². The van der Waals surface area contributed by atoms with Crippen LogP contribution in [0.4, 0.5) is 0 Å². The lowest BCUT2D eigenvalue weighted by atomic mass is 9.76. The molecule has 22 heavy (non-hydrogen) atoms. The van der Waals surface area contributed by atoms with Crippen LogP contribution in [0.25, 0.3) is 0 Å². The van der Waals surface area contributed by atoms with Gasteiger partial charge >= 0.3 is 5.97 Å². The number of rotatable bonds is 3.